The molecule has 0 bridgehead atoms. The molecular weight excluding hydrogens is 286 g/mol. The zero-order valence-electron chi connectivity index (χ0n) is 14.3. The van der Waals surface area contributed by atoms with Gasteiger partial charge in [0.15, 0.2) is 5.96 Å². The van der Waals surface area contributed by atoms with Crippen molar-refractivity contribution in [2.45, 2.75) is 33.2 Å². The van der Waals surface area contributed by atoms with Crippen LogP contribution in [0.3, 0.4) is 0 Å². The normalized spacial score (nSPS) is 11.5. The van der Waals surface area contributed by atoms with E-state index < -0.39 is 0 Å². The van der Waals surface area contributed by atoms with E-state index in [1.165, 1.54) is 0 Å². The zero-order valence-corrected chi connectivity index (χ0v) is 14.3. The van der Waals surface area contributed by atoms with Crippen molar-refractivity contribution in [3.63, 3.8) is 0 Å². The Kier molecular flexibility index (Phi) is 6.66. The number of imidazole rings is 1. The van der Waals surface area contributed by atoms with Gasteiger partial charge in [0.25, 0.3) is 0 Å². The minimum absolute atomic E-state index is 0.699. The molecule has 2 rings (SSSR count). The molecule has 0 unspecified atom stereocenters. The van der Waals surface area contributed by atoms with E-state index in [-0.39, 0.29) is 0 Å². The summed E-state index contributed by atoms with van der Waals surface area (Å²) in [5.41, 5.74) is 2.19. The van der Waals surface area contributed by atoms with E-state index in [0.717, 1.165) is 49.0 Å². The molecule has 0 saturated carbocycles. The average molecular weight is 313 g/mol. The fourth-order valence-electron chi connectivity index (χ4n) is 2.32. The van der Waals surface area contributed by atoms with Crippen molar-refractivity contribution in [1.29, 1.82) is 0 Å². The van der Waals surface area contributed by atoms with Crippen LogP contribution in [0.5, 0.6) is 0 Å². The third kappa shape index (κ3) is 5.13. The molecule has 0 radical (unpaired) electrons. The maximum absolute atomic E-state index is 4.65. The molecule has 1 aromatic carbocycles. The van der Waals surface area contributed by atoms with Crippen molar-refractivity contribution in [3.8, 4) is 11.3 Å². The van der Waals surface area contributed by atoms with Crippen molar-refractivity contribution >= 4 is 5.96 Å². The second-order valence-electron chi connectivity index (χ2n) is 5.55. The van der Waals surface area contributed by atoms with Gasteiger partial charge >= 0.3 is 0 Å². The van der Waals surface area contributed by atoms with Gasteiger partial charge in [0.1, 0.15) is 5.82 Å². The van der Waals surface area contributed by atoms with Gasteiger partial charge < -0.3 is 15.2 Å². The summed E-state index contributed by atoms with van der Waals surface area (Å²) in [7, 11) is 2.04. The topological polar surface area (TPSA) is 56.3 Å². The Morgan fingerprint density at radius 3 is 2.74 bits per heavy atom. The van der Waals surface area contributed by atoms with Crippen molar-refractivity contribution in [2.75, 3.05) is 20.1 Å². The number of unbranched alkanes of at least 4 members (excludes halogenated alkanes) is 1. The minimum atomic E-state index is 0.699. The third-order valence-electron chi connectivity index (χ3n) is 3.57. The molecule has 0 saturated heterocycles. The molecule has 1 aromatic heterocycles. The summed E-state index contributed by atoms with van der Waals surface area (Å²) in [5.74, 6) is 1.87. The first-order chi connectivity index (χ1) is 11.2. The van der Waals surface area contributed by atoms with Gasteiger partial charge in [0.05, 0.1) is 18.4 Å². The summed E-state index contributed by atoms with van der Waals surface area (Å²) in [5, 5.41) is 3.33. The van der Waals surface area contributed by atoms with Gasteiger partial charge in [-0.3, -0.25) is 4.99 Å². The van der Waals surface area contributed by atoms with Crippen LogP contribution in [0.2, 0.25) is 0 Å². The highest BCUT2D eigenvalue weighted by atomic mass is 15.3. The Morgan fingerprint density at radius 1 is 1.26 bits per heavy atom. The summed E-state index contributed by atoms with van der Waals surface area (Å²) >= 11 is 0. The smallest absolute Gasteiger partial charge is 0.194 e. The molecule has 0 spiro atoms. The van der Waals surface area contributed by atoms with E-state index in [2.05, 4.69) is 51.2 Å². The number of aliphatic imine (C=N–C) groups is 1. The number of rotatable bonds is 7. The zero-order chi connectivity index (χ0) is 16.5. The van der Waals surface area contributed by atoms with Crippen molar-refractivity contribution < 1.29 is 0 Å². The molecule has 0 aliphatic heterocycles. The first kappa shape index (κ1) is 17.1. The molecule has 0 fully saturated rings. The molecule has 0 aliphatic rings. The number of aromatic nitrogens is 2. The fourth-order valence-corrected chi connectivity index (χ4v) is 2.32. The molecule has 23 heavy (non-hydrogen) atoms. The van der Waals surface area contributed by atoms with Gasteiger partial charge in [-0.2, -0.15) is 0 Å². The first-order valence-electron chi connectivity index (χ1n) is 8.33. The number of aromatic amines is 1. The monoisotopic (exact) mass is 313 g/mol. The highest BCUT2D eigenvalue weighted by Crippen LogP contribution is 2.16. The number of hydrogen-bond donors (Lipinski definition) is 2. The van der Waals surface area contributed by atoms with Gasteiger partial charge in [0, 0.05) is 20.1 Å². The van der Waals surface area contributed by atoms with Crippen molar-refractivity contribution in [2.24, 2.45) is 4.99 Å². The van der Waals surface area contributed by atoms with Crippen LogP contribution < -0.4 is 5.32 Å². The van der Waals surface area contributed by atoms with E-state index in [1.807, 2.05) is 31.4 Å². The lowest BCUT2D eigenvalue weighted by Gasteiger charge is -2.21. The molecule has 0 aliphatic carbocycles. The minimum Gasteiger partial charge on any atom is -0.357 e. The Labute approximate surface area is 138 Å². The Bertz CT molecular complexity index is 603. The first-order valence-corrected chi connectivity index (χ1v) is 8.33. The maximum atomic E-state index is 4.65. The predicted molar refractivity (Wildman–Crippen MR) is 96.4 cm³/mol. The highest BCUT2D eigenvalue weighted by Gasteiger charge is 2.09. The standard InChI is InChI=1S/C18H27N5/c1-4-6-12-20-18(19-5-2)23(3)14-17-21-13-16(22-17)15-10-8-7-9-11-15/h7-11,13H,4-6,12,14H2,1-3H3,(H,19,20)(H,21,22). The predicted octanol–water partition coefficient (Wildman–Crippen LogP) is 3.27. The van der Waals surface area contributed by atoms with Crippen molar-refractivity contribution in [1.82, 2.24) is 20.2 Å². The maximum Gasteiger partial charge on any atom is 0.194 e. The number of guanidine groups is 1. The molecule has 2 aromatic rings. The lowest BCUT2D eigenvalue weighted by molar-refractivity contribution is 0.463. The van der Waals surface area contributed by atoms with E-state index >= 15 is 0 Å². The molecule has 0 atom stereocenters. The lowest BCUT2D eigenvalue weighted by atomic mass is 10.2. The molecule has 5 heteroatoms. The van der Waals surface area contributed by atoms with Gasteiger partial charge in [-0.25, -0.2) is 4.98 Å². The molecule has 0 amide bonds. The van der Waals surface area contributed by atoms with E-state index in [1.54, 1.807) is 0 Å². The molecule has 1 heterocycles. The second-order valence-corrected chi connectivity index (χ2v) is 5.55. The van der Waals surface area contributed by atoms with Gasteiger partial charge in [-0.05, 0) is 18.9 Å². The number of benzene rings is 1. The SMILES string of the molecule is CCCCN=C(NCC)N(C)Cc1ncc(-c2ccccc2)[nH]1. The number of H-pyrrole nitrogens is 1. The van der Waals surface area contributed by atoms with Gasteiger partial charge in [-0.15, -0.1) is 0 Å². The van der Waals surface area contributed by atoms with Crippen LogP contribution in [-0.4, -0.2) is 41.0 Å². The summed E-state index contributed by atoms with van der Waals surface area (Å²) < 4.78 is 0. The van der Waals surface area contributed by atoms with Crippen LogP contribution in [0.25, 0.3) is 11.3 Å². The molecule has 124 valence electrons. The Balaban J connectivity index is 2.02. The van der Waals surface area contributed by atoms with Crippen LogP contribution in [0.4, 0.5) is 0 Å². The van der Waals surface area contributed by atoms with Crippen LogP contribution in [0.15, 0.2) is 41.5 Å². The van der Waals surface area contributed by atoms with E-state index in [4.69, 9.17) is 0 Å². The highest BCUT2D eigenvalue weighted by molar-refractivity contribution is 5.79. The second kappa shape index (κ2) is 8.98. The summed E-state index contributed by atoms with van der Waals surface area (Å²) in [6, 6.07) is 10.2. The van der Waals surface area contributed by atoms with Crippen LogP contribution in [0, 0.1) is 0 Å². The van der Waals surface area contributed by atoms with Crippen LogP contribution in [-0.2, 0) is 6.54 Å². The Hall–Kier alpha value is -2.30. The van der Waals surface area contributed by atoms with Crippen LogP contribution >= 0.6 is 0 Å². The fraction of sp³-hybridized carbons (Fsp3) is 0.444. The number of nitrogens with zero attached hydrogens (tertiary/aromatic N) is 3. The summed E-state index contributed by atoms with van der Waals surface area (Å²) in [6.07, 6.45) is 4.16. The van der Waals surface area contributed by atoms with E-state index in [9.17, 15) is 0 Å². The lowest BCUT2D eigenvalue weighted by Crippen LogP contribution is -2.38. The molecule has 2 N–H and O–H groups in total. The summed E-state index contributed by atoms with van der Waals surface area (Å²) in [4.78, 5) is 14.6. The van der Waals surface area contributed by atoms with Crippen LogP contribution in [0.1, 0.15) is 32.5 Å². The number of nitrogens with one attached hydrogen (secondary N) is 2. The van der Waals surface area contributed by atoms with Gasteiger partial charge in [-0.1, -0.05) is 43.7 Å². The van der Waals surface area contributed by atoms with Crippen molar-refractivity contribution in [3.05, 3.63) is 42.4 Å². The Morgan fingerprint density at radius 2 is 2.04 bits per heavy atom. The summed E-state index contributed by atoms with van der Waals surface area (Å²) in [6.45, 7) is 6.69. The van der Waals surface area contributed by atoms with E-state index in [0.29, 0.717) is 6.54 Å². The number of hydrogen-bond acceptors (Lipinski definition) is 2. The quantitative estimate of drug-likeness (QED) is 0.468. The third-order valence-corrected chi connectivity index (χ3v) is 3.57. The molecular formula is C18H27N5. The molecule has 5 nitrogen and oxygen atoms in total. The largest absolute Gasteiger partial charge is 0.357 e. The average Bonchev–Trinajstić information content (AvgIpc) is 3.03. The van der Waals surface area contributed by atoms with Gasteiger partial charge in [0.2, 0.25) is 0 Å².